The van der Waals surface area contributed by atoms with Crippen molar-refractivity contribution in [1.82, 2.24) is 5.32 Å². The van der Waals surface area contributed by atoms with Crippen molar-refractivity contribution in [3.05, 3.63) is 29.3 Å². The Balaban J connectivity index is 2.29. The minimum atomic E-state index is -4.30. The number of hydrogen-bond donors (Lipinski definition) is 2. The van der Waals surface area contributed by atoms with E-state index in [-0.39, 0.29) is 6.61 Å². The summed E-state index contributed by atoms with van der Waals surface area (Å²) >= 11 is 0. The van der Waals surface area contributed by atoms with Crippen molar-refractivity contribution in [1.29, 1.82) is 0 Å². The lowest BCUT2D eigenvalue weighted by atomic mass is 9.92. The molecule has 0 radical (unpaired) electrons. The molecule has 1 atom stereocenters. The maximum atomic E-state index is 12.4. The molecule has 106 valence electrons. The Morgan fingerprint density at radius 1 is 1.42 bits per heavy atom. The summed E-state index contributed by atoms with van der Waals surface area (Å²) in [7, 11) is 1.50. The maximum absolute atomic E-state index is 12.4. The second-order valence-corrected chi connectivity index (χ2v) is 4.73. The summed E-state index contributed by atoms with van der Waals surface area (Å²) in [6.45, 7) is -1.49. The normalized spacial score (nSPS) is 22.4. The number of hydrogen-bond acceptors (Lipinski definition) is 3. The van der Waals surface area contributed by atoms with E-state index < -0.39 is 18.3 Å². The first kappa shape index (κ1) is 14.1. The highest BCUT2D eigenvalue weighted by Gasteiger charge is 2.41. The van der Waals surface area contributed by atoms with Gasteiger partial charge in [0.25, 0.3) is 0 Å². The van der Waals surface area contributed by atoms with Gasteiger partial charge in [-0.1, -0.05) is 6.07 Å². The van der Waals surface area contributed by atoms with Crippen LogP contribution in [0.5, 0.6) is 5.75 Å². The van der Waals surface area contributed by atoms with Crippen molar-refractivity contribution in [3.8, 4) is 5.75 Å². The zero-order chi connectivity index (χ0) is 14.1. The summed E-state index contributed by atoms with van der Waals surface area (Å²) in [4.78, 5) is 0. The van der Waals surface area contributed by atoms with E-state index >= 15 is 0 Å². The molecular weight excluding hydrogens is 259 g/mol. The smallest absolute Gasteiger partial charge is 0.401 e. The molecule has 1 aromatic rings. The summed E-state index contributed by atoms with van der Waals surface area (Å²) in [6.07, 6.45) is -3.21. The van der Waals surface area contributed by atoms with Gasteiger partial charge < -0.3 is 9.84 Å². The highest BCUT2D eigenvalue weighted by molar-refractivity contribution is 5.44. The first-order valence-corrected chi connectivity index (χ1v) is 6.00. The molecule has 0 aromatic heterocycles. The lowest BCUT2D eigenvalue weighted by molar-refractivity contribution is -0.130. The number of halogens is 3. The fourth-order valence-corrected chi connectivity index (χ4v) is 2.50. The fourth-order valence-electron chi connectivity index (χ4n) is 2.50. The average molecular weight is 275 g/mol. The molecule has 1 aliphatic carbocycles. The van der Waals surface area contributed by atoms with Crippen LogP contribution in [0.25, 0.3) is 0 Å². The van der Waals surface area contributed by atoms with E-state index in [9.17, 15) is 18.3 Å². The van der Waals surface area contributed by atoms with Crippen LogP contribution < -0.4 is 10.1 Å². The van der Waals surface area contributed by atoms with Gasteiger partial charge in [0.15, 0.2) is 0 Å². The molecule has 0 amide bonds. The highest BCUT2D eigenvalue weighted by atomic mass is 19.4. The van der Waals surface area contributed by atoms with E-state index in [1.165, 1.54) is 7.11 Å². The van der Waals surface area contributed by atoms with Gasteiger partial charge in [0.05, 0.1) is 25.8 Å². The van der Waals surface area contributed by atoms with E-state index in [0.29, 0.717) is 24.2 Å². The third-order valence-corrected chi connectivity index (χ3v) is 3.55. The predicted molar refractivity (Wildman–Crippen MR) is 64.1 cm³/mol. The van der Waals surface area contributed by atoms with Gasteiger partial charge in [-0.2, -0.15) is 13.2 Å². The van der Waals surface area contributed by atoms with Crippen LogP contribution >= 0.6 is 0 Å². The van der Waals surface area contributed by atoms with Crippen molar-refractivity contribution in [2.24, 2.45) is 0 Å². The topological polar surface area (TPSA) is 41.5 Å². The molecule has 19 heavy (non-hydrogen) atoms. The Labute approximate surface area is 109 Å². The predicted octanol–water partition coefficient (Wildman–Crippen LogP) is 1.98. The molecule has 0 saturated heterocycles. The standard InChI is InChI=1S/C13H16F3NO2/c1-19-10-3-2-9-4-5-12(8-18,11(9)6-10)17-7-13(14,15)16/h2-3,6,17-18H,4-5,7-8H2,1H3. The minimum Gasteiger partial charge on any atom is -0.497 e. The molecule has 6 heteroatoms. The first-order valence-electron chi connectivity index (χ1n) is 6.00. The number of aliphatic hydroxyl groups excluding tert-OH is 1. The molecule has 1 aliphatic rings. The van der Waals surface area contributed by atoms with Gasteiger partial charge in [0.2, 0.25) is 0 Å². The van der Waals surface area contributed by atoms with Crippen LogP contribution in [-0.4, -0.2) is 31.5 Å². The molecule has 2 rings (SSSR count). The molecule has 1 unspecified atom stereocenters. The number of aryl methyl sites for hydroxylation is 1. The van der Waals surface area contributed by atoms with Crippen LogP contribution in [0.3, 0.4) is 0 Å². The molecule has 0 spiro atoms. The lowest BCUT2D eigenvalue weighted by Gasteiger charge is -2.30. The van der Waals surface area contributed by atoms with Gasteiger partial charge in [-0.3, -0.25) is 5.32 Å². The zero-order valence-electron chi connectivity index (χ0n) is 10.5. The van der Waals surface area contributed by atoms with Crippen molar-refractivity contribution in [2.75, 3.05) is 20.3 Å². The van der Waals surface area contributed by atoms with Crippen molar-refractivity contribution >= 4 is 0 Å². The van der Waals surface area contributed by atoms with E-state index in [1.807, 2.05) is 6.07 Å². The second-order valence-electron chi connectivity index (χ2n) is 4.73. The fraction of sp³-hybridized carbons (Fsp3) is 0.538. The van der Waals surface area contributed by atoms with Gasteiger partial charge >= 0.3 is 6.18 Å². The third-order valence-electron chi connectivity index (χ3n) is 3.55. The van der Waals surface area contributed by atoms with Gasteiger partial charge in [-0.15, -0.1) is 0 Å². The Morgan fingerprint density at radius 2 is 2.16 bits per heavy atom. The molecule has 0 heterocycles. The van der Waals surface area contributed by atoms with Gasteiger partial charge in [-0.25, -0.2) is 0 Å². The van der Waals surface area contributed by atoms with Crippen LogP contribution in [0.2, 0.25) is 0 Å². The molecule has 2 N–H and O–H groups in total. The lowest BCUT2D eigenvalue weighted by Crippen LogP contribution is -2.47. The SMILES string of the molecule is COc1ccc2c(c1)C(CO)(NCC(F)(F)F)CC2. The Bertz CT molecular complexity index is 462. The number of ether oxygens (including phenoxy) is 1. The van der Waals surface area contributed by atoms with E-state index in [0.717, 1.165) is 5.56 Å². The van der Waals surface area contributed by atoms with Crippen LogP contribution in [-0.2, 0) is 12.0 Å². The van der Waals surface area contributed by atoms with E-state index in [1.54, 1.807) is 12.1 Å². The number of aliphatic hydroxyl groups is 1. The quantitative estimate of drug-likeness (QED) is 0.883. The van der Waals surface area contributed by atoms with Gasteiger partial charge in [-0.05, 0) is 36.1 Å². The van der Waals surface area contributed by atoms with Crippen molar-refractivity contribution < 1.29 is 23.0 Å². The highest BCUT2D eigenvalue weighted by Crippen LogP contribution is 2.39. The number of nitrogens with one attached hydrogen (secondary N) is 1. The van der Waals surface area contributed by atoms with Crippen LogP contribution in [0.15, 0.2) is 18.2 Å². The van der Waals surface area contributed by atoms with E-state index in [4.69, 9.17) is 4.74 Å². The summed E-state index contributed by atoms with van der Waals surface area (Å²) < 4.78 is 42.2. The van der Waals surface area contributed by atoms with E-state index in [2.05, 4.69) is 5.32 Å². The number of benzene rings is 1. The van der Waals surface area contributed by atoms with Gasteiger partial charge in [0.1, 0.15) is 5.75 Å². The number of fused-ring (bicyclic) bond motifs is 1. The summed E-state index contributed by atoms with van der Waals surface area (Å²) in [5, 5.41) is 12.0. The van der Waals surface area contributed by atoms with Crippen LogP contribution in [0.4, 0.5) is 13.2 Å². The summed E-state index contributed by atoms with van der Waals surface area (Å²) in [6, 6.07) is 5.30. The van der Waals surface area contributed by atoms with Crippen molar-refractivity contribution in [3.63, 3.8) is 0 Å². The Kier molecular flexibility index (Phi) is 3.73. The third kappa shape index (κ3) is 2.84. The monoisotopic (exact) mass is 275 g/mol. The molecule has 0 saturated carbocycles. The molecule has 0 aliphatic heterocycles. The molecule has 3 nitrogen and oxygen atoms in total. The van der Waals surface area contributed by atoms with Crippen LogP contribution in [0, 0.1) is 0 Å². The molecule has 0 fully saturated rings. The number of methoxy groups -OCH3 is 1. The molecule has 0 bridgehead atoms. The first-order chi connectivity index (χ1) is 8.90. The largest absolute Gasteiger partial charge is 0.497 e. The van der Waals surface area contributed by atoms with Crippen LogP contribution in [0.1, 0.15) is 17.5 Å². The van der Waals surface area contributed by atoms with Crippen molar-refractivity contribution in [2.45, 2.75) is 24.6 Å². The summed E-state index contributed by atoms with van der Waals surface area (Å²) in [5.74, 6) is 0.576. The number of alkyl halides is 3. The average Bonchev–Trinajstić information content (AvgIpc) is 2.74. The second kappa shape index (κ2) is 5.02. The number of rotatable bonds is 4. The Morgan fingerprint density at radius 3 is 2.74 bits per heavy atom. The zero-order valence-corrected chi connectivity index (χ0v) is 10.5. The van der Waals surface area contributed by atoms with Gasteiger partial charge in [0, 0.05) is 0 Å². The molecular formula is C13H16F3NO2. The summed E-state index contributed by atoms with van der Waals surface area (Å²) in [5.41, 5.74) is 0.613. The molecule has 1 aromatic carbocycles. The minimum absolute atomic E-state index is 0.372. The Hall–Kier alpha value is -1.27. The maximum Gasteiger partial charge on any atom is 0.401 e.